The number of nitrogens with zero attached hydrogens (tertiary/aromatic N) is 4. The van der Waals surface area contributed by atoms with Crippen LogP contribution in [-0.4, -0.2) is 34.0 Å². The van der Waals surface area contributed by atoms with Crippen LogP contribution in [0.25, 0.3) is 16.9 Å². The minimum absolute atomic E-state index is 0.373. The zero-order chi connectivity index (χ0) is 20.2. The molecule has 0 N–H and O–H groups in total. The maximum absolute atomic E-state index is 14.8. The molecule has 2 aromatic carbocycles. The smallest absolute Gasteiger partial charge is 0.150 e. The summed E-state index contributed by atoms with van der Waals surface area (Å²) in [5, 5.41) is 8.43. The first-order chi connectivity index (χ1) is 14.1. The molecule has 0 fully saturated rings. The summed E-state index contributed by atoms with van der Waals surface area (Å²) in [5.74, 6) is 0.861. The van der Waals surface area contributed by atoms with Gasteiger partial charge >= 0.3 is 0 Å². The highest BCUT2D eigenvalue weighted by Gasteiger charge is 2.18. The molecule has 0 atom stereocenters. The molecule has 148 valence electrons. The monoisotopic (exact) mass is 392 g/mol. The van der Waals surface area contributed by atoms with E-state index >= 15 is 0 Å². The van der Waals surface area contributed by atoms with Crippen LogP contribution in [0.2, 0.25) is 0 Å². The van der Waals surface area contributed by atoms with Gasteiger partial charge in [-0.3, -0.25) is 4.90 Å². The largest absolute Gasteiger partial charge is 0.497 e. The highest BCUT2D eigenvalue weighted by Crippen LogP contribution is 2.29. The summed E-state index contributed by atoms with van der Waals surface area (Å²) >= 11 is 0. The minimum Gasteiger partial charge on any atom is -0.497 e. The van der Waals surface area contributed by atoms with Gasteiger partial charge in [0.25, 0.3) is 0 Å². The van der Waals surface area contributed by atoms with Gasteiger partial charge in [-0.05, 0) is 31.3 Å². The Balaban J connectivity index is 1.71. The van der Waals surface area contributed by atoms with E-state index in [1.165, 1.54) is 13.2 Å². The maximum atomic E-state index is 14.8. The van der Waals surface area contributed by atoms with Crippen LogP contribution in [0.4, 0.5) is 4.39 Å². The van der Waals surface area contributed by atoms with Crippen LogP contribution in [0.1, 0.15) is 11.3 Å². The molecule has 4 rings (SSSR count). The van der Waals surface area contributed by atoms with Crippen LogP contribution >= 0.6 is 0 Å². The van der Waals surface area contributed by atoms with Gasteiger partial charge in [0.1, 0.15) is 17.3 Å². The lowest BCUT2D eigenvalue weighted by molar-refractivity contribution is 0.267. The lowest BCUT2D eigenvalue weighted by Gasteiger charge is -2.14. The Bertz CT molecular complexity index is 1080. The fraction of sp³-hybridized carbons (Fsp3) is 0.182. The number of rotatable bonds is 7. The van der Waals surface area contributed by atoms with Crippen molar-refractivity contribution in [1.82, 2.24) is 19.8 Å². The molecule has 29 heavy (non-hydrogen) atoms. The molecule has 0 aliphatic rings. The van der Waals surface area contributed by atoms with E-state index in [4.69, 9.17) is 14.4 Å². The van der Waals surface area contributed by atoms with Crippen molar-refractivity contribution in [3.8, 4) is 22.7 Å². The highest BCUT2D eigenvalue weighted by molar-refractivity contribution is 5.65. The molecule has 2 heterocycles. The maximum Gasteiger partial charge on any atom is 0.150 e. The van der Waals surface area contributed by atoms with E-state index in [-0.39, 0.29) is 5.82 Å². The molecule has 2 aromatic heterocycles. The van der Waals surface area contributed by atoms with Gasteiger partial charge in [0, 0.05) is 36.0 Å². The lowest BCUT2D eigenvalue weighted by atomic mass is 10.1. The highest BCUT2D eigenvalue weighted by atomic mass is 19.1. The van der Waals surface area contributed by atoms with Gasteiger partial charge in [0.15, 0.2) is 5.76 Å². The van der Waals surface area contributed by atoms with E-state index in [0.29, 0.717) is 30.1 Å². The Morgan fingerprint density at radius 1 is 1.10 bits per heavy atom. The molecule has 0 radical (unpaired) electrons. The number of benzene rings is 2. The van der Waals surface area contributed by atoms with E-state index in [0.717, 1.165) is 17.0 Å². The van der Waals surface area contributed by atoms with Crippen molar-refractivity contribution in [1.29, 1.82) is 0 Å². The second-order valence-corrected chi connectivity index (χ2v) is 6.78. The van der Waals surface area contributed by atoms with Crippen LogP contribution in [0, 0.1) is 5.82 Å². The fourth-order valence-corrected chi connectivity index (χ4v) is 3.22. The van der Waals surface area contributed by atoms with Crippen LogP contribution in [0.3, 0.4) is 0 Å². The molecule has 0 unspecified atom stereocenters. The Kier molecular flexibility index (Phi) is 5.39. The molecule has 0 saturated carbocycles. The number of ether oxygens (including phenoxy) is 1. The van der Waals surface area contributed by atoms with Crippen molar-refractivity contribution in [2.24, 2.45) is 0 Å². The van der Waals surface area contributed by atoms with Crippen LogP contribution in [0.5, 0.6) is 5.75 Å². The Morgan fingerprint density at radius 2 is 1.93 bits per heavy atom. The molecule has 0 bridgehead atoms. The molecule has 0 amide bonds. The topological polar surface area (TPSA) is 56.3 Å². The van der Waals surface area contributed by atoms with Crippen LogP contribution in [-0.2, 0) is 13.1 Å². The second-order valence-electron chi connectivity index (χ2n) is 6.78. The van der Waals surface area contributed by atoms with E-state index in [1.54, 1.807) is 23.0 Å². The first-order valence-electron chi connectivity index (χ1n) is 9.20. The SMILES string of the molecule is COc1ccc(-c2nn(-c3ccccc3)cc2CN(C)Cc2ccno2)c(F)c1. The third-order valence-electron chi connectivity index (χ3n) is 4.60. The van der Waals surface area contributed by atoms with Gasteiger partial charge in [0.2, 0.25) is 0 Å². The quantitative estimate of drug-likeness (QED) is 0.469. The molecule has 7 heteroatoms. The molecular weight excluding hydrogens is 371 g/mol. The van der Waals surface area contributed by atoms with E-state index in [1.807, 2.05) is 49.6 Å². The van der Waals surface area contributed by atoms with Gasteiger partial charge < -0.3 is 9.26 Å². The Labute approximate surface area is 168 Å². The Morgan fingerprint density at radius 3 is 2.62 bits per heavy atom. The minimum atomic E-state index is -0.373. The molecule has 0 aliphatic heterocycles. The number of para-hydroxylation sites is 1. The summed E-state index contributed by atoms with van der Waals surface area (Å²) in [7, 11) is 3.49. The second kappa shape index (κ2) is 8.28. The standard InChI is InChI=1S/C22H21FN4O2/c1-26(15-19-10-11-24-29-19)13-16-14-27(17-6-4-3-5-7-17)25-22(16)20-9-8-18(28-2)12-21(20)23/h3-12,14H,13,15H2,1-2H3. The molecule has 4 aromatic rings. The molecule has 6 nitrogen and oxygen atoms in total. The summed E-state index contributed by atoms with van der Waals surface area (Å²) in [6.07, 6.45) is 3.56. The number of hydrogen-bond acceptors (Lipinski definition) is 5. The van der Waals surface area contributed by atoms with Crippen LogP contribution in [0.15, 0.2) is 71.5 Å². The van der Waals surface area contributed by atoms with Crippen molar-refractivity contribution in [2.75, 3.05) is 14.2 Å². The van der Waals surface area contributed by atoms with Crippen molar-refractivity contribution < 1.29 is 13.7 Å². The zero-order valence-electron chi connectivity index (χ0n) is 16.2. The predicted molar refractivity (Wildman–Crippen MR) is 107 cm³/mol. The number of methoxy groups -OCH3 is 1. The molecular formula is C22H21FN4O2. The normalized spacial score (nSPS) is 11.2. The van der Waals surface area contributed by atoms with E-state index < -0.39 is 0 Å². The fourth-order valence-electron chi connectivity index (χ4n) is 3.22. The molecule has 0 aliphatic carbocycles. The average Bonchev–Trinajstić information content (AvgIpc) is 3.38. The Hall–Kier alpha value is -3.45. The van der Waals surface area contributed by atoms with Crippen molar-refractivity contribution in [3.05, 3.63) is 84.1 Å². The number of halogens is 1. The first kappa shape index (κ1) is 18.9. The van der Waals surface area contributed by atoms with E-state index in [9.17, 15) is 4.39 Å². The average molecular weight is 392 g/mol. The number of aromatic nitrogens is 3. The van der Waals surface area contributed by atoms with Gasteiger partial charge in [0.05, 0.1) is 25.5 Å². The summed E-state index contributed by atoms with van der Waals surface area (Å²) in [4.78, 5) is 2.07. The van der Waals surface area contributed by atoms with Gasteiger partial charge in [-0.25, -0.2) is 9.07 Å². The summed E-state index contributed by atoms with van der Waals surface area (Å²) in [5.41, 5.74) is 2.84. The van der Waals surface area contributed by atoms with Crippen molar-refractivity contribution >= 4 is 0 Å². The summed E-state index contributed by atoms with van der Waals surface area (Å²) in [6.45, 7) is 1.15. The van der Waals surface area contributed by atoms with Gasteiger partial charge in [-0.15, -0.1) is 0 Å². The van der Waals surface area contributed by atoms with Crippen molar-refractivity contribution in [2.45, 2.75) is 13.1 Å². The van der Waals surface area contributed by atoms with Gasteiger partial charge in [-0.2, -0.15) is 5.10 Å². The predicted octanol–water partition coefficient (Wildman–Crippen LogP) is 4.31. The molecule has 0 saturated heterocycles. The van der Waals surface area contributed by atoms with E-state index in [2.05, 4.69) is 10.1 Å². The third-order valence-corrected chi connectivity index (χ3v) is 4.60. The third kappa shape index (κ3) is 4.20. The van der Waals surface area contributed by atoms with Crippen molar-refractivity contribution in [3.63, 3.8) is 0 Å². The van der Waals surface area contributed by atoms with Gasteiger partial charge in [-0.1, -0.05) is 23.4 Å². The molecule has 0 spiro atoms. The zero-order valence-corrected chi connectivity index (χ0v) is 16.2. The first-order valence-corrected chi connectivity index (χ1v) is 9.20. The number of hydrogen-bond donors (Lipinski definition) is 0. The van der Waals surface area contributed by atoms with Crippen LogP contribution < -0.4 is 4.74 Å². The summed E-state index contributed by atoms with van der Waals surface area (Å²) < 4.78 is 26.9. The summed E-state index contributed by atoms with van der Waals surface area (Å²) in [6, 6.07) is 16.4. The lowest BCUT2D eigenvalue weighted by Crippen LogP contribution is -2.17.